The van der Waals surface area contributed by atoms with E-state index in [1.165, 1.54) is 0 Å². The summed E-state index contributed by atoms with van der Waals surface area (Å²) in [6.07, 6.45) is 3.30. The van der Waals surface area contributed by atoms with Crippen LogP contribution in [0.5, 0.6) is 5.75 Å². The Kier molecular flexibility index (Phi) is 16.6. The van der Waals surface area contributed by atoms with Crippen LogP contribution in [0.15, 0.2) is 35.9 Å². The molecule has 64 heavy (non-hydrogen) atoms. The number of likely N-dealkylation sites (N-methyl/N-ethyl adjacent to an activating group) is 1. The summed E-state index contributed by atoms with van der Waals surface area (Å²) in [6, 6.07) is 7.70. The number of fused-ring (bicyclic) bond motifs is 5. The van der Waals surface area contributed by atoms with Gasteiger partial charge in [-0.3, -0.25) is 9.59 Å². The van der Waals surface area contributed by atoms with E-state index in [0.29, 0.717) is 43.7 Å². The zero-order chi connectivity index (χ0) is 46.0. The van der Waals surface area contributed by atoms with Crippen molar-refractivity contribution >= 4 is 17.4 Å². The number of carbonyl (C=O) groups excluding carboxylic acids is 2. The van der Waals surface area contributed by atoms with Crippen LogP contribution in [0.2, 0.25) is 0 Å². The number of nitrogens with one attached hydrogen (secondary N) is 1. The number of hydrogen-bond donors (Lipinski definition) is 2. The molecule has 1 aromatic carbocycles. The Hall–Kier alpha value is -2.66. The van der Waals surface area contributed by atoms with Gasteiger partial charge in [-0.15, -0.1) is 0 Å². The molecule has 14 heteroatoms. The van der Waals surface area contributed by atoms with Crippen LogP contribution >= 0.6 is 0 Å². The standard InChI is InChI=1S/C50H78N2O12/c1-12-31-14-13-15-40(64-42-21-20-39(52(7)8)28(5)60-42)27(4)45(54)38-24-35-34-22-33(63-50-49(58-11)48(57-10)47(56-9)29(6)61-50)23-37(34)44(46(55)43(35)36(38)25-41(53)62-31)51-30-16-18-32(19-17-30)59-26(2)3/h16-19,24,26-29,31,33-37,39-40,42-44,46-51,55H,12-15,20-23,25H2,1-11H3/t27-,28?,29?,31+,33+,34+,35+,36-,37-,39+,40+,42+,43-,44+,46+,47+,48?,49?,50+/m1/s1. The Morgan fingerprint density at radius 1 is 0.859 bits per heavy atom. The van der Waals surface area contributed by atoms with Gasteiger partial charge in [0, 0.05) is 50.8 Å². The number of anilines is 1. The number of esters is 1. The maximum atomic E-state index is 15.2. The van der Waals surface area contributed by atoms with Crippen LogP contribution in [0.1, 0.15) is 99.3 Å². The number of aliphatic hydroxyl groups excluding tert-OH is 1. The molecule has 3 heterocycles. The number of rotatable bonds is 13. The van der Waals surface area contributed by atoms with E-state index in [1.807, 2.05) is 58.9 Å². The highest BCUT2D eigenvalue weighted by Crippen LogP contribution is 2.57. The van der Waals surface area contributed by atoms with Gasteiger partial charge < -0.3 is 58.0 Å². The highest BCUT2D eigenvalue weighted by molar-refractivity contribution is 5.99. The maximum absolute atomic E-state index is 15.2. The van der Waals surface area contributed by atoms with Gasteiger partial charge in [-0.25, -0.2) is 0 Å². The second-order valence-corrected chi connectivity index (χ2v) is 20.0. The monoisotopic (exact) mass is 899 g/mol. The number of nitrogens with zero attached hydrogens (tertiary/aromatic N) is 1. The minimum absolute atomic E-state index is 0.00733. The lowest BCUT2D eigenvalue weighted by molar-refractivity contribution is -0.314. The topological polar surface area (TPSA) is 153 Å². The van der Waals surface area contributed by atoms with Gasteiger partial charge in [0.15, 0.2) is 18.4 Å². The number of Topliss-reactive ketones (excluding diaryl/α,β-unsaturated/α-hetero) is 1. The Bertz CT molecular complexity index is 1730. The Balaban J connectivity index is 1.21. The largest absolute Gasteiger partial charge is 0.491 e. The Morgan fingerprint density at radius 3 is 2.20 bits per heavy atom. The van der Waals surface area contributed by atoms with Crippen molar-refractivity contribution in [2.24, 2.45) is 35.5 Å². The summed E-state index contributed by atoms with van der Waals surface area (Å²) in [6.45, 7) is 12.0. The van der Waals surface area contributed by atoms with Gasteiger partial charge in [-0.1, -0.05) is 19.9 Å². The average molecular weight is 899 g/mol. The molecule has 0 spiro atoms. The van der Waals surface area contributed by atoms with Gasteiger partial charge >= 0.3 is 5.97 Å². The predicted molar refractivity (Wildman–Crippen MR) is 241 cm³/mol. The SMILES string of the molecule is CC[C@H]1CCC[C@H](O[C@H]2CC[C@H](N(C)C)C(C)O2)[C@@H](C)C(=O)C2=C[C@H]3[C@@H]4C[C@H](O[C@@H]5OC(C)[C@H](OC)C(OC)C5OC)C[C@H]4[C@H](Nc4ccc(OC(C)C)cc4)[C@@H](O)[C@H]3[C@@H]2CC(=O)O1. The lowest BCUT2D eigenvalue weighted by Gasteiger charge is -2.47. The van der Waals surface area contributed by atoms with Crippen LogP contribution in [-0.2, 0) is 47.5 Å². The fourth-order valence-electron chi connectivity index (χ4n) is 12.3. The highest BCUT2D eigenvalue weighted by atomic mass is 16.7. The van der Waals surface area contributed by atoms with Crippen molar-refractivity contribution in [3.63, 3.8) is 0 Å². The smallest absolute Gasteiger partial charge is 0.306 e. The van der Waals surface area contributed by atoms with Crippen LogP contribution in [0.4, 0.5) is 5.69 Å². The lowest BCUT2D eigenvalue weighted by Crippen LogP contribution is -2.59. The van der Waals surface area contributed by atoms with Crippen molar-refractivity contribution in [2.75, 3.05) is 40.7 Å². The van der Waals surface area contributed by atoms with Crippen LogP contribution in [0, 0.1) is 35.5 Å². The van der Waals surface area contributed by atoms with Gasteiger partial charge in [0.25, 0.3) is 0 Å². The van der Waals surface area contributed by atoms with Crippen LogP contribution < -0.4 is 10.1 Å². The number of ether oxygens (including phenoxy) is 9. The molecule has 6 aliphatic rings. The molecule has 360 valence electrons. The van der Waals surface area contributed by atoms with E-state index < -0.39 is 60.8 Å². The molecular formula is C50H78N2O12. The van der Waals surface area contributed by atoms with E-state index >= 15 is 4.79 Å². The van der Waals surface area contributed by atoms with Gasteiger partial charge in [0.1, 0.15) is 30.2 Å². The third kappa shape index (κ3) is 10.6. The number of carbonyl (C=O) groups is 2. The summed E-state index contributed by atoms with van der Waals surface area (Å²) < 4.78 is 56.3. The number of allylic oxidation sites excluding steroid dienone is 2. The van der Waals surface area contributed by atoms with Crippen molar-refractivity contribution in [1.29, 1.82) is 0 Å². The van der Waals surface area contributed by atoms with E-state index in [4.69, 9.17) is 42.6 Å². The van der Waals surface area contributed by atoms with Gasteiger partial charge in [-0.05, 0) is 141 Å². The number of hydrogen-bond acceptors (Lipinski definition) is 14. The minimum Gasteiger partial charge on any atom is -0.491 e. The van der Waals surface area contributed by atoms with Crippen molar-refractivity contribution in [2.45, 2.75) is 185 Å². The minimum atomic E-state index is -0.909. The third-order valence-corrected chi connectivity index (χ3v) is 15.5. The normalized spacial score (nSPS) is 41.9. The van der Waals surface area contributed by atoms with E-state index in [1.54, 1.807) is 21.3 Å². The number of benzene rings is 1. The summed E-state index contributed by atoms with van der Waals surface area (Å²) in [4.78, 5) is 31.4. The number of methoxy groups -OCH3 is 3. The lowest BCUT2D eigenvalue weighted by atomic mass is 9.62. The first-order valence-electron chi connectivity index (χ1n) is 24.2. The molecule has 0 bridgehead atoms. The Morgan fingerprint density at radius 2 is 1.56 bits per heavy atom. The van der Waals surface area contributed by atoms with E-state index in [-0.39, 0.29) is 72.6 Å². The second-order valence-electron chi connectivity index (χ2n) is 20.0. The molecule has 3 aliphatic heterocycles. The van der Waals surface area contributed by atoms with E-state index in [9.17, 15) is 9.90 Å². The quantitative estimate of drug-likeness (QED) is 0.206. The fraction of sp³-hybridized carbons (Fsp3) is 0.800. The highest BCUT2D eigenvalue weighted by Gasteiger charge is 2.60. The summed E-state index contributed by atoms with van der Waals surface area (Å²) in [5, 5.41) is 16.6. The molecule has 3 saturated heterocycles. The van der Waals surface area contributed by atoms with Crippen LogP contribution in [0.3, 0.4) is 0 Å². The average Bonchev–Trinajstić information content (AvgIpc) is 3.85. The van der Waals surface area contributed by atoms with Crippen LogP contribution in [-0.4, -0.2) is 143 Å². The molecule has 0 radical (unpaired) electrons. The molecule has 2 saturated carbocycles. The van der Waals surface area contributed by atoms with Gasteiger partial charge in [0.2, 0.25) is 0 Å². The summed E-state index contributed by atoms with van der Waals surface area (Å²) >= 11 is 0. The molecule has 0 aromatic heterocycles. The Labute approximate surface area is 381 Å². The molecule has 19 atom stereocenters. The molecule has 14 nitrogen and oxygen atoms in total. The first-order chi connectivity index (χ1) is 30.6. The zero-order valence-corrected chi connectivity index (χ0v) is 40.2. The van der Waals surface area contributed by atoms with E-state index in [0.717, 1.165) is 30.7 Å². The van der Waals surface area contributed by atoms with Gasteiger partial charge in [-0.2, -0.15) is 0 Å². The summed E-state index contributed by atoms with van der Waals surface area (Å²) in [5.74, 6) is -1.31. The molecular weight excluding hydrogens is 821 g/mol. The summed E-state index contributed by atoms with van der Waals surface area (Å²) in [5.41, 5.74) is 1.44. The van der Waals surface area contributed by atoms with Crippen molar-refractivity contribution in [3.05, 3.63) is 35.9 Å². The first kappa shape index (κ1) is 49.3. The van der Waals surface area contributed by atoms with E-state index in [2.05, 4.69) is 37.3 Å². The summed E-state index contributed by atoms with van der Waals surface area (Å²) in [7, 11) is 9.07. The van der Waals surface area contributed by atoms with Gasteiger partial charge in [0.05, 0.1) is 49.1 Å². The number of aliphatic hydroxyl groups is 1. The number of cyclic esters (lactones) is 1. The zero-order valence-electron chi connectivity index (χ0n) is 40.2. The molecule has 1 aromatic rings. The third-order valence-electron chi connectivity index (χ3n) is 15.5. The van der Waals surface area contributed by atoms with Crippen LogP contribution in [0.25, 0.3) is 0 Å². The molecule has 5 fully saturated rings. The van der Waals surface area contributed by atoms with Crippen molar-refractivity contribution < 1.29 is 57.3 Å². The van der Waals surface area contributed by atoms with Crippen molar-refractivity contribution in [1.82, 2.24) is 4.90 Å². The second kappa shape index (κ2) is 21.5. The molecule has 7 rings (SSSR count). The fourth-order valence-corrected chi connectivity index (χ4v) is 12.3. The molecule has 0 amide bonds. The molecule has 2 N–H and O–H groups in total. The predicted octanol–water partition coefficient (Wildman–Crippen LogP) is 6.56. The molecule has 3 aliphatic carbocycles. The maximum Gasteiger partial charge on any atom is 0.306 e. The first-order valence-corrected chi connectivity index (χ1v) is 24.2. The number of ketones is 1. The molecule has 4 unspecified atom stereocenters. The van der Waals surface area contributed by atoms with Crippen molar-refractivity contribution in [3.8, 4) is 5.75 Å².